The molecule has 0 amide bonds. The first-order valence-electron chi connectivity index (χ1n) is 13.2. The van der Waals surface area contributed by atoms with Crippen molar-refractivity contribution >= 4 is 0 Å². The van der Waals surface area contributed by atoms with Crippen molar-refractivity contribution < 1.29 is 17.6 Å². The number of unbranched alkanes of at least 4 members (excludes halogenated alkanes) is 2. The van der Waals surface area contributed by atoms with Crippen molar-refractivity contribution in [2.75, 3.05) is 0 Å². The second kappa shape index (κ2) is 12.4. The van der Waals surface area contributed by atoms with Crippen LogP contribution in [-0.4, -0.2) is 0 Å². The van der Waals surface area contributed by atoms with Crippen molar-refractivity contribution in [1.82, 2.24) is 0 Å². The van der Waals surface area contributed by atoms with Crippen LogP contribution < -0.4 is 0 Å². The molecule has 3 rings (SSSR count). The van der Waals surface area contributed by atoms with E-state index < -0.39 is 17.6 Å². The zero-order valence-electron chi connectivity index (χ0n) is 19.9. The molecule has 32 heavy (non-hydrogen) atoms. The zero-order valence-corrected chi connectivity index (χ0v) is 19.9. The first-order valence-corrected chi connectivity index (χ1v) is 13.2. The van der Waals surface area contributed by atoms with Gasteiger partial charge in [-0.05, 0) is 54.2 Å². The molecule has 2 fully saturated rings. The van der Waals surface area contributed by atoms with Crippen molar-refractivity contribution in [2.45, 2.75) is 116 Å². The quantitative estimate of drug-likeness (QED) is 0.244. The van der Waals surface area contributed by atoms with Gasteiger partial charge in [0.15, 0.2) is 0 Å². The van der Waals surface area contributed by atoms with Gasteiger partial charge in [0.25, 0.3) is 0 Å². The summed E-state index contributed by atoms with van der Waals surface area (Å²) in [6.45, 7) is 2.28. The van der Waals surface area contributed by atoms with Crippen LogP contribution in [-0.2, 0) is 12.6 Å². The Labute approximate surface area is 192 Å². The topological polar surface area (TPSA) is 0 Å². The van der Waals surface area contributed by atoms with Crippen LogP contribution in [0.1, 0.15) is 114 Å². The van der Waals surface area contributed by atoms with Gasteiger partial charge in [-0.25, -0.2) is 4.39 Å². The fraction of sp³-hybridized carbons (Fsp3) is 0.786. The molecule has 0 nitrogen and oxygen atoms in total. The maximum absolute atomic E-state index is 13.8. The molecule has 0 radical (unpaired) electrons. The molecule has 0 heterocycles. The second-order valence-corrected chi connectivity index (χ2v) is 10.7. The largest absolute Gasteiger partial charge is 0.419 e. The summed E-state index contributed by atoms with van der Waals surface area (Å²) in [7, 11) is 0. The molecule has 0 aliphatic heterocycles. The normalized spacial score (nSPS) is 26.9. The molecule has 0 spiro atoms. The van der Waals surface area contributed by atoms with E-state index in [1.807, 2.05) is 0 Å². The standard InChI is InChI=1S/C28H42F4/c1-2-3-4-5-21-6-8-22(9-7-21)10-11-23-12-14-24(15-13-23)16-17-25-18-19-26(27(29)20-25)28(30,31)32/h18-24H,2-17H2,1H3. The lowest BCUT2D eigenvalue weighted by Crippen LogP contribution is -2.18. The summed E-state index contributed by atoms with van der Waals surface area (Å²) in [6, 6.07) is 3.41. The van der Waals surface area contributed by atoms with E-state index in [-0.39, 0.29) is 0 Å². The summed E-state index contributed by atoms with van der Waals surface area (Å²) in [5.41, 5.74) is -0.477. The Morgan fingerprint density at radius 1 is 0.719 bits per heavy atom. The molecule has 2 aliphatic carbocycles. The van der Waals surface area contributed by atoms with Crippen LogP contribution in [0.25, 0.3) is 0 Å². The van der Waals surface area contributed by atoms with Crippen LogP contribution in [0.2, 0.25) is 0 Å². The zero-order chi connectivity index (χ0) is 23.0. The Kier molecular flexibility index (Phi) is 9.92. The van der Waals surface area contributed by atoms with Crippen LogP contribution in [0.4, 0.5) is 17.6 Å². The lowest BCUT2D eigenvalue weighted by molar-refractivity contribution is -0.140. The Hall–Kier alpha value is -1.06. The first-order chi connectivity index (χ1) is 15.3. The highest BCUT2D eigenvalue weighted by Crippen LogP contribution is 2.39. The summed E-state index contributed by atoms with van der Waals surface area (Å²) >= 11 is 0. The molecular weight excluding hydrogens is 412 g/mol. The van der Waals surface area contributed by atoms with Crippen LogP contribution in [0.3, 0.4) is 0 Å². The molecule has 0 atom stereocenters. The van der Waals surface area contributed by atoms with Gasteiger partial charge in [0.1, 0.15) is 5.82 Å². The lowest BCUT2D eigenvalue weighted by atomic mass is 9.74. The van der Waals surface area contributed by atoms with Crippen molar-refractivity contribution in [3.8, 4) is 0 Å². The highest BCUT2D eigenvalue weighted by molar-refractivity contribution is 5.26. The van der Waals surface area contributed by atoms with E-state index in [1.165, 1.54) is 96.0 Å². The molecule has 4 heteroatoms. The van der Waals surface area contributed by atoms with Gasteiger partial charge in [-0.3, -0.25) is 0 Å². The third-order valence-electron chi connectivity index (χ3n) is 8.31. The Bertz CT molecular complexity index is 665. The van der Waals surface area contributed by atoms with Gasteiger partial charge in [0, 0.05) is 0 Å². The van der Waals surface area contributed by atoms with Crippen molar-refractivity contribution in [2.24, 2.45) is 23.7 Å². The molecule has 0 saturated heterocycles. The molecule has 1 aromatic carbocycles. The molecule has 0 aromatic heterocycles. The third kappa shape index (κ3) is 8.06. The number of benzene rings is 1. The van der Waals surface area contributed by atoms with Gasteiger partial charge >= 0.3 is 6.18 Å². The molecule has 0 N–H and O–H groups in total. The lowest BCUT2D eigenvalue weighted by Gasteiger charge is -2.32. The summed E-state index contributed by atoms with van der Waals surface area (Å²) in [4.78, 5) is 0. The van der Waals surface area contributed by atoms with E-state index in [0.717, 1.165) is 36.3 Å². The van der Waals surface area contributed by atoms with Gasteiger partial charge in [0.2, 0.25) is 0 Å². The van der Waals surface area contributed by atoms with Crippen molar-refractivity contribution in [1.29, 1.82) is 0 Å². The van der Waals surface area contributed by atoms with Crippen LogP contribution in [0.15, 0.2) is 18.2 Å². The summed E-state index contributed by atoms with van der Waals surface area (Å²) < 4.78 is 51.9. The van der Waals surface area contributed by atoms with Crippen LogP contribution >= 0.6 is 0 Å². The summed E-state index contributed by atoms with van der Waals surface area (Å²) in [5.74, 6) is 2.29. The van der Waals surface area contributed by atoms with E-state index >= 15 is 0 Å². The van der Waals surface area contributed by atoms with E-state index in [4.69, 9.17) is 0 Å². The number of alkyl halides is 3. The van der Waals surface area contributed by atoms with E-state index in [0.29, 0.717) is 17.9 Å². The van der Waals surface area contributed by atoms with Gasteiger partial charge in [-0.15, -0.1) is 0 Å². The van der Waals surface area contributed by atoms with E-state index in [2.05, 4.69) is 6.92 Å². The second-order valence-electron chi connectivity index (χ2n) is 10.7. The van der Waals surface area contributed by atoms with E-state index in [1.54, 1.807) is 0 Å². The average molecular weight is 455 g/mol. The highest BCUT2D eigenvalue weighted by atomic mass is 19.4. The number of halogens is 4. The first kappa shape index (κ1) is 25.6. The minimum absolute atomic E-state index is 0.634. The molecule has 0 unspecified atom stereocenters. The van der Waals surface area contributed by atoms with Crippen LogP contribution in [0.5, 0.6) is 0 Å². The highest BCUT2D eigenvalue weighted by Gasteiger charge is 2.34. The summed E-state index contributed by atoms with van der Waals surface area (Å²) in [5, 5.41) is 0. The number of hydrogen-bond acceptors (Lipinski definition) is 0. The smallest absolute Gasteiger partial charge is 0.206 e. The molecular formula is C28H42F4. The predicted molar refractivity (Wildman–Crippen MR) is 124 cm³/mol. The van der Waals surface area contributed by atoms with Gasteiger partial charge < -0.3 is 0 Å². The van der Waals surface area contributed by atoms with E-state index in [9.17, 15) is 17.6 Å². The fourth-order valence-electron chi connectivity index (χ4n) is 6.09. The Morgan fingerprint density at radius 2 is 1.22 bits per heavy atom. The predicted octanol–water partition coefficient (Wildman–Crippen LogP) is 9.75. The Balaban J connectivity index is 1.29. The van der Waals surface area contributed by atoms with Crippen LogP contribution in [0, 0.1) is 29.5 Å². The molecule has 0 bridgehead atoms. The molecule has 1 aromatic rings. The Morgan fingerprint density at radius 3 is 1.69 bits per heavy atom. The monoisotopic (exact) mass is 454 g/mol. The van der Waals surface area contributed by atoms with Gasteiger partial charge in [-0.2, -0.15) is 13.2 Å². The summed E-state index contributed by atoms with van der Waals surface area (Å²) in [6.07, 6.45) is 16.2. The number of aryl methyl sites for hydroxylation is 1. The molecule has 182 valence electrons. The number of hydrogen-bond donors (Lipinski definition) is 0. The molecule has 2 aliphatic rings. The minimum Gasteiger partial charge on any atom is -0.206 e. The van der Waals surface area contributed by atoms with Crippen molar-refractivity contribution in [3.05, 3.63) is 35.1 Å². The minimum atomic E-state index is -4.62. The number of rotatable bonds is 10. The average Bonchev–Trinajstić information content (AvgIpc) is 2.77. The van der Waals surface area contributed by atoms with Crippen molar-refractivity contribution in [3.63, 3.8) is 0 Å². The molecule has 2 saturated carbocycles. The van der Waals surface area contributed by atoms with Gasteiger partial charge in [-0.1, -0.05) is 103 Å². The third-order valence-corrected chi connectivity index (χ3v) is 8.31. The fourth-order valence-corrected chi connectivity index (χ4v) is 6.09. The maximum Gasteiger partial charge on any atom is 0.419 e. The SMILES string of the molecule is CCCCCC1CCC(CCC2CCC(CCc3ccc(C(F)(F)F)c(F)c3)CC2)CC1. The maximum atomic E-state index is 13.8. The van der Waals surface area contributed by atoms with Gasteiger partial charge in [0.05, 0.1) is 5.56 Å².